The van der Waals surface area contributed by atoms with E-state index in [9.17, 15) is 14.0 Å². The molecule has 0 saturated heterocycles. The quantitative estimate of drug-likeness (QED) is 0.908. The minimum Gasteiger partial charge on any atom is -0.320 e. The molecule has 0 spiro atoms. The van der Waals surface area contributed by atoms with Gasteiger partial charge < -0.3 is 10.6 Å². The summed E-state index contributed by atoms with van der Waals surface area (Å²) in [6.45, 7) is 5.33. The van der Waals surface area contributed by atoms with Crippen LogP contribution in [0.4, 0.5) is 15.9 Å². The average molecular weight is 315 g/mol. The highest BCUT2D eigenvalue weighted by Crippen LogP contribution is 2.19. The summed E-state index contributed by atoms with van der Waals surface area (Å²) >= 11 is 0. The smallest absolute Gasteiger partial charge is 0.258 e. The molecule has 2 aromatic rings. The molecule has 0 aliphatic carbocycles. The second-order valence-corrected chi connectivity index (χ2v) is 5.46. The number of aryl methyl sites for hydroxylation is 1. The Morgan fingerprint density at radius 3 is 2.48 bits per heavy atom. The maximum Gasteiger partial charge on any atom is 0.258 e. The first-order valence-electron chi connectivity index (χ1n) is 7.22. The number of hydrogen-bond acceptors (Lipinski definition) is 3. The van der Waals surface area contributed by atoms with Gasteiger partial charge in [-0.3, -0.25) is 9.59 Å². The number of carbonyl (C=O) groups excluding carboxylic acids is 2. The van der Waals surface area contributed by atoms with Gasteiger partial charge in [0.2, 0.25) is 5.91 Å². The van der Waals surface area contributed by atoms with E-state index in [-0.39, 0.29) is 17.4 Å². The number of aromatic nitrogens is 1. The Hall–Kier alpha value is -2.76. The number of rotatable bonds is 4. The molecule has 120 valence electrons. The van der Waals surface area contributed by atoms with Crippen molar-refractivity contribution in [2.45, 2.75) is 20.8 Å². The predicted molar refractivity (Wildman–Crippen MR) is 86.8 cm³/mol. The van der Waals surface area contributed by atoms with Gasteiger partial charge in [0.15, 0.2) is 0 Å². The molecule has 2 N–H and O–H groups in total. The predicted octanol–water partition coefficient (Wildman–Crippen LogP) is 3.38. The fraction of sp³-hybridized carbons (Fsp3) is 0.235. The lowest BCUT2D eigenvalue weighted by atomic mass is 10.1. The second kappa shape index (κ2) is 7.00. The molecule has 0 bridgehead atoms. The highest BCUT2D eigenvalue weighted by molar-refractivity contribution is 6.04. The van der Waals surface area contributed by atoms with Gasteiger partial charge in [-0.1, -0.05) is 26.0 Å². The van der Waals surface area contributed by atoms with Crippen LogP contribution >= 0.6 is 0 Å². The Kier molecular flexibility index (Phi) is 5.05. The lowest BCUT2D eigenvalue weighted by Gasteiger charge is -2.11. The van der Waals surface area contributed by atoms with Crippen LogP contribution < -0.4 is 10.6 Å². The number of hydrogen-bond donors (Lipinski definition) is 2. The minimum atomic E-state index is -0.587. The molecular weight excluding hydrogens is 297 g/mol. The molecule has 1 aromatic carbocycles. The summed E-state index contributed by atoms with van der Waals surface area (Å²) < 4.78 is 13.6. The van der Waals surface area contributed by atoms with Crippen LogP contribution in [0.25, 0.3) is 0 Å². The molecule has 1 aromatic heterocycles. The Bertz CT molecular complexity index is 744. The van der Waals surface area contributed by atoms with Crippen molar-refractivity contribution < 1.29 is 14.0 Å². The molecular formula is C17H18FN3O2. The zero-order valence-electron chi connectivity index (χ0n) is 13.2. The van der Waals surface area contributed by atoms with Gasteiger partial charge in [0, 0.05) is 5.92 Å². The van der Waals surface area contributed by atoms with Gasteiger partial charge >= 0.3 is 0 Å². The maximum absolute atomic E-state index is 13.6. The van der Waals surface area contributed by atoms with E-state index in [1.165, 1.54) is 24.4 Å². The maximum atomic E-state index is 13.6. The highest BCUT2D eigenvalue weighted by Gasteiger charge is 2.13. The number of nitrogens with zero attached hydrogens (tertiary/aromatic N) is 1. The topological polar surface area (TPSA) is 71.1 Å². The van der Waals surface area contributed by atoms with Crippen LogP contribution in [-0.2, 0) is 4.79 Å². The fourth-order valence-electron chi connectivity index (χ4n) is 1.86. The van der Waals surface area contributed by atoms with Crippen molar-refractivity contribution in [2.75, 3.05) is 10.6 Å². The lowest BCUT2D eigenvalue weighted by molar-refractivity contribution is -0.118. The van der Waals surface area contributed by atoms with E-state index in [0.29, 0.717) is 17.1 Å². The zero-order chi connectivity index (χ0) is 17.0. The van der Waals surface area contributed by atoms with Crippen molar-refractivity contribution in [1.82, 2.24) is 4.98 Å². The molecule has 6 heteroatoms. The first kappa shape index (κ1) is 16.6. The largest absolute Gasteiger partial charge is 0.320 e. The third kappa shape index (κ3) is 4.12. The number of benzene rings is 1. The van der Waals surface area contributed by atoms with Gasteiger partial charge in [-0.25, -0.2) is 9.37 Å². The second-order valence-electron chi connectivity index (χ2n) is 5.46. The molecule has 0 atom stereocenters. The molecule has 0 aliphatic rings. The fourth-order valence-corrected chi connectivity index (χ4v) is 1.86. The molecule has 0 unspecified atom stereocenters. The van der Waals surface area contributed by atoms with Crippen LogP contribution in [-0.4, -0.2) is 16.8 Å². The Labute approximate surface area is 133 Å². The summed E-state index contributed by atoms with van der Waals surface area (Å²) in [5, 5.41) is 5.30. The first-order valence-corrected chi connectivity index (χ1v) is 7.22. The summed E-state index contributed by atoms with van der Waals surface area (Å²) in [4.78, 5) is 27.8. The third-order valence-electron chi connectivity index (χ3n) is 3.25. The van der Waals surface area contributed by atoms with Gasteiger partial charge in [-0.2, -0.15) is 0 Å². The van der Waals surface area contributed by atoms with E-state index in [1.807, 2.05) is 0 Å². The molecule has 0 radical (unpaired) electrons. The zero-order valence-corrected chi connectivity index (χ0v) is 13.2. The van der Waals surface area contributed by atoms with Crippen molar-refractivity contribution >= 4 is 23.3 Å². The number of halogens is 1. The van der Waals surface area contributed by atoms with Crippen LogP contribution in [0.15, 0.2) is 36.5 Å². The number of anilines is 2. The van der Waals surface area contributed by atoms with E-state index >= 15 is 0 Å². The average Bonchev–Trinajstić information content (AvgIpc) is 2.50. The van der Waals surface area contributed by atoms with Crippen LogP contribution in [0.3, 0.4) is 0 Å². The Balaban J connectivity index is 2.14. The van der Waals surface area contributed by atoms with Gasteiger partial charge in [-0.15, -0.1) is 0 Å². The lowest BCUT2D eigenvalue weighted by Crippen LogP contribution is -2.19. The number of amides is 2. The summed E-state index contributed by atoms with van der Waals surface area (Å²) in [5.74, 6) is -1.02. The van der Waals surface area contributed by atoms with Crippen LogP contribution in [0.2, 0.25) is 0 Å². The highest BCUT2D eigenvalue weighted by atomic mass is 19.1. The van der Waals surface area contributed by atoms with Gasteiger partial charge in [-0.05, 0) is 30.7 Å². The molecule has 1 heterocycles. The summed E-state index contributed by atoms with van der Waals surface area (Å²) in [6.07, 6.45) is 1.43. The standard InChI is InChI=1S/C17H18FN3O2/c1-10(2)16(22)21-15-8-11(3)14(9-19-15)20-17(23)12-6-4-5-7-13(12)18/h4-10H,1-3H3,(H,20,23)(H,19,21,22). The number of nitrogens with one attached hydrogen (secondary N) is 2. The molecule has 0 aliphatic heterocycles. The summed E-state index contributed by atoms with van der Waals surface area (Å²) in [7, 11) is 0. The minimum absolute atomic E-state index is 0.0379. The van der Waals surface area contributed by atoms with E-state index < -0.39 is 11.7 Å². The molecule has 5 nitrogen and oxygen atoms in total. The SMILES string of the molecule is Cc1cc(NC(=O)C(C)C)ncc1NC(=O)c1ccccc1F. The third-order valence-corrected chi connectivity index (χ3v) is 3.25. The van der Waals surface area contributed by atoms with Crippen LogP contribution in [0, 0.1) is 18.7 Å². The molecule has 2 rings (SSSR count). The van der Waals surface area contributed by atoms with E-state index in [4.69, 9.17) is 0 Å². The summed E-state index contributed by atoms with van der Waals surface area (Å²) in [6, 6.07) is 7.39. The number of carbonyl (C=O) groups is 2. The van der Waals surface area contributed by atoms with Gasteiger partial charge in [0.05, 0.1) is 17.4 Å². The van der Waals surface area contributed by atoms with Crippen molar-refractivity contribution in [3.63, 3.8) is 0 Å². The first-order chi connectivity index (χ1) is 10.9. The van der Waals surface area contributed by atoms with Crippen molar-refractivity contribution in [2.24, 2.45) is 5.92 Å². The molecule has 23 heavy (non-hydrogen) atoms. The van der Waals surface area contributed by atoms with Crippen LogP contribution in [0.1, 0.15) is 29.8 Å². The van der Waals surface area contributed by atoms with E-state index in [1.54, 1.807) is 32.9 Å². The van der Waals surface area contributed by atoms with E-state index in [0.717, 1.165) is 0 Å². The molecule has 2 amide bonds. The van der Waals surface area contributed by atoms with E-state index in [2.05, 4.69) is 15.6 Å². The Morgan fingerprint density at radius 2 is 1.87 bits per heavy atom. The normalized spacial score (nSPS) is 10.5. The van der Waals surface area contributed by atoms with Crippen molar-refractivity contribution in [3.05, 3.63) is 53.5 Å². The van der Waals surface area contributed by atoms with Gasteiger partial charge in [0.1, 0.15) is 11.6 Å². The Morgan fingerprint density at radius 1 is 1.17 bits per heavy atom. The van der Waals surface area contributed by atoms with Gasteiger partial charge in [0.25, 0.3) is 5.91 Å². The summed E-state index contributed by atoms with van der Waals surface area (Å²) in [5.41, 5.74) is 1.13. The molecule has 0 saturated carbocycles. The van der Waals surface area contributed by atoms with Crippen molar-refractivity contribution in [3.8, 4) is 0 Å². The van der Waals surface area contributed by atoms with Crippen molar-refractivity contribution in [1.29, 1.82) is 0 Å². The van der Waals surface area contributed by atoms with Crippen LogP contribution in [0.5, 0.6) is 0 Å². The monoisotopic (exact) mass is 315 g/mol. The molecule has 0 fully saturated rings. The number of pyridine rings is 1.